The Kier molecular flexibility index (Phi) is 3.40. The molecule has 23 heavy (non-hydrogen) atoms. The van der Waals surface area contributed by atoms with Crippen molar-refractivity contribution in [1.82, 2.24) is 14.5 Å². The number of fused-ring (bicyclic) bond motifs is 2. The highest BCUT2D eigenvalue weighted by Crippen LogP contribution is 2.43. The Hall–Kier alpha value is -1.25. The standard InChI is InChI=1S/C14H13Cl2N3O4/c1-14(2)22-8-7(5-20)21-12(9(8)23-14)19-4-3-6-10(15)17-13(16)18-11(6)19/h3-5,7-9,12H,1-2H3/t7-,8-,9-,12-/m1/s1. The number of hydrogen-bond donors (Lipinski definition) is 0. The second-order valence-corrected chi connectivity index (χ2v) is 6.63. The highest BCUT2D eigenvalue weighted by molar-refractivity contribution is 6.35. The second kappa shape index (κ2) is 5.12. The highest BCUT2D eigenvalue weighted by atomic mass is 35.5. The first-order valence-electron chi connectivity index (χ1n) is 7.05. The molecule has 2 fully saturated rings. The minimum Gasteiger partial charge on any atom is -0.342 e. The lowest BCUT2D eigenvalue weighted by atomic mass is 10.1. The maximum atomic E-state index is 11.3. The number of nitrogens with zero attached hydrogens (tertiary/aromatic N) is 3. The van der Waals surface area contributed by atoms with Crippen molar-refractivity contribution < 1.29 is 19.0 Å². The van der Waals surface area contributed by atoms with Crippen LogP contribution in [-0.2, 0) is 19.0 Å². The number of rotatable bonds is 2. The van der Waals surface area contributed by atoms with E-state index in [4.69, 9.17) is 37.4 Å². The largest absolute Gasteiger partial charge is 0.342 e. The van der Waals surface area contributed by atoms with Gasteiger partial charge in [-0.15, -0.1) is 0 Å². The molecule has 0 aliphatic carbocycles. The summed E-state index contributed by atoms with van der Waals surface area (Å²) in [4.78, 5) is 19.4. The lowest BCUT2D eigenvalue weighted by molar-refractivity contribution is -0.194. The van der Waals surface area contributed by atoms with E-state index >= 15 is 0 Å². The molecule has 0 saturated carbocycles. The van der Waals surface area contributed by atoms with Gasteiger partial charge in [-0.1, -0.05) is 11.6 Å². The van der Waals surface area contributed by atoms with E-state index < -0.39 is 30.3 Å². The fourth-order valence-electron chi connectivity index (χ4n) is 3.12. The first-order valence-corrected chi connectivity index (χ1v) is 7.81. The molecule has 0 unspecified atom stereocenters. The molecule has 7 nitrogen and oxygen atoms in total. The summed E-state index contributed by atoms with van der Waals surface area (Å²) in [5, 5.41) is 0.931. The average Bonchev–Trinajstić information content (AvgIpc) is 3.09. The molecule has 4 atom stereocenters. The van der Waals surface area contributed by atoms with E-state index in [1.807, 2.05) is 0 Å². The number of carbonyl (C=O) groups is 1. The van der Waals surface area contributed by atoms with E-state index in [9.17, 15) is 4.79 Å². The molecule has 2 aromatic rings. The molecule has 0 amide bonds. The molecule has 0 N–H and O–H groups in total. The van der Waals surface area contributed by atoms with Crippen molar-refractivity contribution in [3.8, 4) is 0 Å². The van der Waals surface area contributed by atoms with Gasteiger partial charge in [-0.2, -0.15) is 4.98 Å². The van der Waals surface area contributed by atoms with Gasteiger partial charge in [0.15, 0.2) is 18.3 Å². The number of aldehydes is 1. The Balaban J connectivity index is 1.80. The Morgan fingerprint density at radius 1 is 1.26 bits per heavy atom. The molecule has 2 aromatic heterocycles. The first kappa shape index (κ1) is 15.3. The van der Waals surface area contributed by atoms with Crippen LogP contribution >= 0.6 is 23.2 Å². The van der Waals surface area contributed by atoms with Crippen LogP contribution in [0.3, 0.4) is 0 Å². The molecule has 2 aliphatic heterocycles. The lowest BCUT2D eigenvalue weighted by Crippen LogP contribution is -2.30. The average molecular weight is 358 g/mol. The maximum absolute atomic E-state index is 11.3. The number of aromatic nitrogens is 3. The SMILES string of the molecule is CC1(C)O[C@@H]2[C@H](O1)[C@@H](C=O)O[C@H]2n1ccc2c(Cl)nc(Cl)nc21. The van der Waals surface area contributed by atoms with E-state index in [1.165, 1.54) is 0 Å². The normalized spacial score (nSPS) is 32.3. The minimum absolute atomic E-state index is 0.0351. The van der Waals surface area contributed by atoms with Crippen LogP contribution in [0.2, 0.25) is 10.4 Å². The van der Waals surface area contributed by atoms with Crippen molar-refractivity contribution in [2.24, 2.45) is 0 Å². The van der Waals surface area contributed by atoms with Crippen LogP contribution in [0.1, 0.15) is 20.1 Å². The number of carbonyl (C=O) groups excluding carboxylic acids is 1. The molecule has 0 radical (unpaired) electrons. The van der Waals surface area contributed by atoms with Gasteiger partial charge >= 0.3 is 0 Å². The van der Waals surface area contributed by atoms with Gasteiger partial charge in [-0.3, -0.25) is 0 Å². The van der Waals surface area contributed by atoms with Gasteiger partial charge in [0.2, 0.25) is 5.28 Å². The third kappa shape index (κ3) is 2.35. The third-order valence-corrected chi connectivity index (χ3v) is 4.43. The van der Waals surface area contributed by atoms with E-state index in [0.29, 0.717) is 11.0 Å². The monoisotopic (exact) mass is 357 g/mol. The molecule has 122 valence electrons. The van der Waals surface area contributed by atoms with Gasteiger partial charge in [0, 0.05) is 6.20 Å². The summed E-state index contributed by atoms with van der Waals surface area (Å²) >= 11 is 12.0. The van der Waals surface area contributed by atoms with Crippen LogP contribution in [0.25, 0.3) is 11.0 Å². The molecule has 4 rings (SSSR count). The van der Waals surface area contributed by atoms with Crippen LogP contribution in [0.4, 0.5) is 0 Å². The van der Waals surface area contributed by atoms with Crippen LogP contribution in [0, 0.1) is 0 Å². The second-order valence-electron chi connectivity index (χ2n) is 5.94. The predicted molar refractivity (Wildman–Crippen MR) is 81.3 cm³/mol. The highest BCUT2D eigenvalue weighted by Gasteiger charge is 2.56. The molecule has 2 saturated heterocycles. The minimum atomic E-state index is -0.786. The van der Waals surface area contributed by atoms with Crippen molar-refractivity contribution in [3.63, 3.8) is 0 Å². The van der Waals surface area contributed by atoms with Crippen molar-refractivity contribution in [2.45, 2.75) is 44.2 Å². The number of ether oxygens (including phenoxy) is 3. The fraction of sp³-hybridized carbons (Fsp3) is 0.500. The summed E-state index contributed by atoms with van der Waals surface area (Å²) in [6, 6.07) is 1.77. The molecule has 9 heteroatoms. The number of hydrogen-bond acceptors (Lipinski definition) is 6. The summed E-state index contributed by atoms with van der Waals surface area (Å²) < 4.78 is 19.2. The summed E-state index contributed by atoms with van der Waals surface area (Å²) in [7, 11) is 0. The van der Waals surface area contributed by atoms with E-state index in [2.05, 4.69) is 9.97 Å². The zero-order valence-corrected chi connectivity index (χ0v) is 13.8. The third-order valence-electron chi connectivity index (χ3n) is 3.97. The van der Waals surface area contributed by atoms with Crippen molar-refractivity contribution >= 4 is 40.5 Å². The van der Waals surface area contributed by atoms with E-state index in [-0.39, 0.29) is 10.4 Å². The van der Waals surface area contributed by atoms with E-state index in [1.54, 1.807) is 30.7 Å². The van der Waals surface area contributed by atoms with Crippen LogP contribution in [0.15, 0.2) is 12.3 Å². The number of halogens is 2. The van der Waals surface area contributed by atoms with Crippen LogP contribution in [-0.4, -0.2) is 44.9 Å². The summed E-state index contributed by atoms with van der Waals surface area (Å²) in [5.41, 5.74) is 0.513. The van der Waals surface area contributed by atoms with Gasteiger partial charge in [0.1, 0.15) is 29.1 Å². The van der Waals surface area contributed by atoms with Gasteiger partial charge in [-0.05, 0) is 31.5 Å². The molecule has 4 heterocycles. The summed E-state index contributed by atoms with van der Waals surface area (Å²) in [6.45, 7) is 3.60. The Morgan fingerprint density at radius 2 is 2.00 bits per heavy atom. The molecule has 2 aliphatic rings. The fourth-order valence-corrected chi connectivity index (χ4v) is 3.55. The molecular formula is C14H13Cl2N3O4. The van der Waals surface area contributed by atoms with Gasteiger partial charge in [0.25, 0.3) is 0 Å². The Labute approximate surface area is 141 Å². The summed E-state index contributed by atoms with van der Waals surface area (Å²) in [6.07, 6.45) is 0.281. The van der Waals surface area contributed by atoms with Gasteiger partial charge in [0.05, 0.1) is 5.39 Å². The topological polar surface area (TPSA) is 75.5 Å². The smallest absolute Gasteiger partial charge is 0.225 e. The Bertz CT molecular complexity index is 794. The predicted octanol–water partition coefficient (Wildman–Crippen LogP) is 2.35. The lowest BCUT2D eigenvalue weighted by Gasteiger charge is -2.23. The molecule has 0 aromatic carbocycles. The molecule has 0 bridgehead atoms. The zero-order chi connectivity index (χ0) is 16.4. The van der Waals surface area contributed by atoms with Crippen molar-refractivity contribution in [1.29, 1.82) is 0 Å². The van der Waals surface area contributed by atoms with Crippen LogP contribution in [0.5, 0.6) is 0 Å². The summed E-state index contributed by atoms with van der Waals surface area (Å²) in [5.74, 6) is -0.786. The van der Waals surface area contributed by atoms with Gasteiger partial charge in [-0.25, -0.2) is 4.98 Å². The van der Waals surface area contributed by atoms with E-state index in [0.717, 1.165) is 6.29 Å². The molecular weight excluding hydrogens is 345 g/mol. The first-order chi connectivity index (χ1) is 10.9. The Morgan fingerprint density at radius 3 is 2.74 bits per heavy atom. The van der Waals surface area contributed by atoms with Crippen molar-refractivity contribution in [3.05, 3.63) is 22.7 Å². The molecule has 0 spiro atoms. The quantitative estimate of drug-likeness (QED) is 0.466. The zero-order valence-electron chi connectivity index (χ0n) is 12.3. The van der Waals surface area contributed by atoms with Crippen LogP contribution < -0.4 is 0 Å². The maximum Gasteiger partial charge on any atom is 0.225 e. The van der Waals surface area contributed by atoms with Gasteiger partial charge < -0.3 is 23.6 Å². The van der Waals surface area contributed by atoms with Crippen molar-refractivity contribution in [2.75, 3.05) is 0 Å².